The Hall–Kier alpha value is -3.10. The molecular weight excluding hydrogens is 446 g/mol. The van der Waals surface area contributed by atoms with E-state index >= 15 is 0 Å². The predicted octanol–water partition coefficient (Wildman–Crippen LogP) is 2.63. The third kappa shape index (κ3) is 5.03. The maximum atomic E-state index is 13.1. The van der Waals surface area contributed by atoms with Crippen molar-refractivity contribution in [2.75, 3.05) is 25.4 Å². The molecule has 2 aliphatic rings. The topological polar surface area (TPSA) is 70.5 Å². The number of aromatic nitrogens is 2. The highest BCUT2D eigenvalue weighted by molar-refractivity contribution is 7.98. The first kappa shape index (κ1) is 22.7. The normalized spacial score (nSPS) is 20.8. The number of thioether (sulfide) groups is 1. The Kier molecular flexibility index (Phi) is 6.69. The molecule has 0 radical (unpaired) electrons. The van der Waals surface area contributed by atoms with Crippen LogP contribution in [0.3, 0.4) is 0 Å². The highest BCUT2D eigenvalue weighted by atomic mass is 32.2. The van der Waals surface area contributed by atoms with Gasteiger partial charge in [0, 0.05) is 49.4 Å². The minimum atomic E-state index is -0.447. The fourth-order valence-corrected chi connectivity index (χ4v) is 5.53. The summed E-state index contributed by atoms with van der Waals surface area (Å²) < 4.78 is 1.87. The van der Waals surface area contributed by atoms with Gasteiger partial charge in [0.25, 0.3) is 0 Å². The Morgan fingerprint density at radius 3 is 2.62 bits per heavy atom. The van der Waals surface area contributed by atoms with Crippen LogP contribution in [0.15, 0.2) is 67.0 Å². The number of hydrogen-bond donors (Lipinski definition) is 1. The van der Waals surface area contributed by atoms with E-state index in [2.05, 4.69) is 58.6 Å². The molecule has 0 bridgehead atoms. The van der Waals surface area contributed by atoms with Gasteiger partial charge in [-0.05, 0) is 24.6 Å². The lowest BCUT2D eigenvalue weighted by atomic mass is 10.0. The van der Waals surface area contributed by atoms with Crippen LogP contribution in [0.4, 0.5) is 0 Å². The van der Waals surface area contributed by atoms with Gasteiger partial charge < -0.3 is 10.2 Å². The lowest BCUT2D eigenvalue weighted by molar-refractivity contribution is -0.152. The molecule has 2 atom stereocenters. The molecule has 2 fully saturated rings. The van der Waals surface area contributed by atoms with E-state index in [0.717, 1.165) is 23.5 Å². The van der Waals surface area contributed by atoms with Gasteiger partial charge in [-0.15, -0.1) is 0 Å². The first-order chi connectivity index (χ1) is 16.6. The van der Waals surface area contributed by atoms with Crippen molar-refractivity contribution in [3.63, 3.8) is 0 Å². The minimum Gasteiger partial charge on any atom is -0.342 e. The molecule has 0 spiro atoms. The number of hydrogen-bond acceptors (Lipinski definition) is 5. The number of fused-ring (bicyclic) bond motifs is 1. The van der Waals surface area contributed by atoms with E-state index in [-0.39, 0.29) is 11.8 Å². The molecule has 5 rings (SSSR count). The molecule has 3 heterocycles. The number of rotatable bonds is 7. The van der Waals surface area contributed by atoms with Gasteiger partial charge in [0.1, 0.15) is 12.1 Å². The van der Waals surface area contributed by atoms with Crippen molar-refractivity contribution in [1.29, 1.82) is 0 Å². The summed E-state index contributed by atoms with van der Waals surface area (Å²) >= 11 is 1.68. The summed E-state index contributed by atoms with van der Waals surface area (Å²) in [5, 5.41) is 7.47. The molecule has 0 aliphatic carbocycles. The standard InChI is InChI=1S/C26H29N5O2S/c1-19-7-9-22(10-8-19)31-15-21(13-27-31)14-29-11-12-30-24(16-29)25(32)28-23(26(30)33)18-34-17-20-5-3-2-4-6-20/h2-10,13,15,23-24H,11-12,14,16-18H2,1H3,(H,28,32)/t23-,24+/m0/s1. The van der Waals surface area contributed by atoms with Crippen molar-refractivity contribution < 1.29 is 9.59 Å². The highest BCUT2D eigenvalue weighted by Gasteiger charge is 2.43. The van der Waals surface area contributed by atoms with Crippen LogP contribution in [0, 0.1) is 6.92 Å². The number of carbonyl (C=O) groups excluding carboxylic acids is 2. The van der Waals surface area contributed by atoms with Gasteiger partial charge in [0.05, 0.1) is 11.9 Å². The predicted molar refractivity (Wildman–Crippen MR) is 134 cm³/mol. The first-order valence-corrected chi connectivity index (χ1v) is 12.8. The largest absolute Gasteiger partial charge is 0.342 e. The molecule has 1 N–H and O–H groups in total. The Labute approximate surface area is 204 Å². The SMILES string of the molecule is Cc1ccc(-n2cc(CN3CCN4C(=O)[C@H](CSCc5ccccc5)NC(=O)[C@H]4C3)cn2)cc1. The molecule has 0 saturated carbocycles. The van der Waals surface area contributed by atoms with Gasteiger partial charge in [0.2, 0.25) is 11.8 Å². The van der Waals surface area contributed by atoms with Gasteiger partial charge in [0.15, 0.2) is 0 Å². The van der Waals surface area contributed by atoms with Crippen LogP contribution in [0.1, 0.15) is 16.7 Å². The van der Waals surface area contributed by atoms with Crippen molar-refractivity contribution in [2.45, 2.75) is 31.3 Å². The number of piperazine rings is 2. The summed E-state index contributed by atoms with van der Waals surface area (Å²) in [6.45, 7) is 4.62. The Morgan fingerprint density at radius 1 is 1.03 bits per heavy atom. The van der Waals surface area contributed by atoms with E-state index in [9.17, 15) is 9.59 Å². The van der Waals surface area contributed by atoms with Gasteiger partial charge >= 0.3 is 0 Å². The van der Waals surface area contributed by atoms with Crippen molar-refractivity contribution in [3.05, 3.63) is 83.7 Å². The van der Waals surface area contributed by atoms with Crippen molar-refractivity contribution in [1.82, 2.24) is 24.9 Å². The zero-order valence-electron chi connectivity index (χ0n) is 19.3. The van der Waals surface area contributed by atoms with Crippen LogP contribution in [-0.4, -0.2) is 68.9 Å². The summed E-state index contributed by atoms with van der Waals surface area (Å²) in [6.07, 6.45) is 3.90. The van der Waals surface area contributed by atoms with Gasteiger partial charge in [-0.3, -0.25) is 14.5 Å². The molecule has 1 aromatic heterocycles. The second kappa shape index (κ2) is 10.0. The summed E-state index contributed by atoms with van der Waals surface area (Å²) in [5.74, 6) is 1.40. The van der Waals surface area contributed by atoms with E-state index < -0.39 is 12.1 Å². The fraction of sp³-hybridized carbons (Fsp3) is 0.346. The molecule has 7 nitrogen and oxygen atoms in total. The average molecular weight is 476 g/mol. The molecule has 2 aromatic carbocycles. The summed E-state index contributed by atoms with van der Waals surface area (Å²) in [5.41, 5.74) is 4.55. The van der Waals surface area contributed by atoms with Gasteiger partial charge in [-0.25, -0.2) is 4.68 Å². The number of nitrogens with zero attached hydrogens (tertiary/aromatic N) is 4. The quantitative estimate of drug-likeness (QED) is 0.569. The number of nitrogens with one attached hydrogen (secondary N) is 1. The number of benzene rings is 2. The molecule has 176 valence electrons. The van der Waals surface area contributed by atoms with E-state index in [1.165, 1.54) is 11.1 Å². The van der Waals surface area contributed by atoms with E-state index in [0.29, 0.717) is 25.4 Å². The van der Waals surface area contributed by atoms with Crippen LogP contribution in [0.25, 0.3) is 5.69 Å². The lowest BCUT2D eigenvalue weighted by Crippen LogP contribution is -2.69. The van der Waals surface area contributed by atoms with Crippen molar-refractivity contribution in [2.24, 2.45) is 0 Å². The Morgan fingerprint density at radius 2 is 1.82 bits per heavy atom. The Bertz CT molecular complexity index is 1150. The minimum absolute atomic E-state index is 0.0389. The van der Waals surface area contributed by atoms with Gasteiger partial charge in [-0.2, -0.15) is 16.9 Å². The monoisotopic (exact) mass is 475 g/mol. The second-order valence-electron chi connectivity index (χ2n) is 8.97. The lowest BCUT2D eigenvalue weighted by Gasteiger charge is -2.45. The maximum absolute atomic E-state index is 13.1. The third-order valence-electron chi connectivity index (χ3n) is 6.40. The molecule has 2 amide bonds. The molecule has 3 aromatic rings. The summed E-state index contributed by atoms with van der Waals surface area (Å²) in [7, 11) is 0. The van der Waals surface area contributed by atoms with E-state index in [4.69, 9.17) is 0 Å². The molecule has 2 aliphatic heterocycles. The third-order valence-corrected chi connectivity index (χ3v) is 7.51. The van der Waals surface area contributed by atoms with Crippen LogP contribution < -0.4 is 5.32 Å². The molecule has 8 heteroatoms. The van der Waals surface area contributed by atoms with Crippen LogP contribution in [0.5, 0.6) is 0 Å². The molecular formula is C26H29N5O2S. The molecule has 34 heavy (non-hydrogen) atoms. The van der Waals surface area contributed by atoms with E-state index in [1.807, 2.05) is 35.3 Å². The smallest absolute Gasteiger partial charge is 0.246 e. The molecule has 0 unspecified atom stereocenters. The van der Waals surface area contributed by atoms with Gasteiger partial charge in [-0.1, -0.05) is 48.0 Å². The first-order valence-electron chi connectivity index (χ1n) is 11.6. The van der Waals surface area contributed by atoms with Crippen molar-refractivity contribution >= 4 is 23.6 Å². The number of amides is 2. The van der Waals surface area contributed by atoms with Crippen LogP contribution >= 0.6 is 11.8 Å². The van der Waals surface area contributed by atoms with Crippen LogP contribution in [-0.2, 0) is 21.9 Å². The zero-order valence-corrected chi connectivity index (χ0v) is 20.1. The highest BCUT2D eigenvalue weighted by Crippen LogP contribution is 2.21. The van der Waals surface area contributed by atoms with Crippen molar-refractivity contribution in [3.8, 4) is 5.69 Å². The second-order valence-corrected chi connectivity index (χ2v) is 10.0. The summed E-state index contributed by atoms with van der Waals surface area (Å²) in [4.78, 5) is 29.9. The maximum Gasteiger partial charge on any atom is 0.246 e. The van der Waals surface area contributed by atoms with Crippen LogP contribution in [0.2, 0.25) is 0 Å². The number of aryl methyl sites for hydroxylation is 1. The fourth-order valence-electron chi connectivity index (χ4n) is 4.52. The average Bonchev–Trinajstić information content (AvgIpc) is 3.32. The molecule has 2 saturated heterocycles. The zero-order chi connectivity index (χ0) is 23.5. The Balaban J connectivity index is 1.16. The van der Waals surface area contributed by atoms with E-state index in [1.54, 1.807) is 16.7 Å². The number of carbonyl (C=O) groups is 2. The summed E-state index contributed by atoms with van der Waals surface area (Å²) in [6, 6.07) is 17.6.